The van der Waals surface area contributed by atoms with Crippen LogP contribution in [-0.4, -0.2) is 16.8 Å². The number of carbonyl (C=O) groups is 1. The summed E-state index contributed by atoms with van der Waals surface area (Å²) in [4.78, 5) is 18.3. The largest absolute Gasteiger partial charge is 0.334 e. The summed E-state index contributed by atoms with van der Waals surface area (Å²) in [6.45, 7) is 0.698. The van der Waals surface area contributed by atoms with Crippen molar-refractivity contribution in [2.45, 2.75) is 31.8 Å². The van der Waals surface area contributed by atoms with Crippen LogP contribution in [0.5, 0.6) is 0 Å². The number of benzene rings is 1. The van der Waals surface area contributed by atoms with Crippen molar-refractivity contribution in [1.82, 2.24) is 4.90 Å². The molecule has 0 bridgehead atoms. The first-order valence-corrected chi connectivity index (χ1v) is 10.4. The molecule has 25 heavy (non-hydrogen) atoms. The maximum Gasteiger partial charge on any atom is 0.228 e. The summed E-state index contributed by atoms with van der Waals surface area (Å²) >= 11 is 9.68. The van der Waals surface area contributed by atoms with E-state index in [9.17, 15) is 4.79 Å². The number of hydrogen-bond donors (Lipinski definition) is 0. The van der Waals surface area contributed by atoms with Gasteiger partial charge >= 0.3 is 0 Å². The Bertz CT molecular complexity index is 867. The van der Waals surface area contributed by atoms with Crippen molar-refractivity contribution in [2.75, 3.05) is 0 Å². The molecule has 0 saturated heterocycles. The highest BCUT2D eigenvalue weighted by Crippen LogP contribution is 2.35. The Morgan fingerprint density at radius 2 is 1.92 bits per heavy atom. The fourth-order valence-electron chi connectivity index (χ4n) is 2.91. The predicted octanol–water partition coefficient (Wildman–Crippen LogP) is 5.86. The molecule has 2 nitrogen and oxygen atoms in total. The highest BCUT2D eigenvalue weighted by Gasteiger charge is 2.32. The van der Waals surface area contributed by atoms with Crippen LogP contribution in [0.4, 0.5) is 0 Å². The highest BCUT2D eigenvalue weighted by molar-refractivity contribution is 7.15. The van der Waals surface area contributed by atoms with Crippen molar-refractivity contribution in [3.05, 3.63) is 68.7 Å². The molecule has 4 rings (SSSR count). The van der Waals surface area contributed by atoms with E-state index >= 15 is 0 Å². The number of amides is 1. The fraction of sp³-hybridized carbons (Fsp3) is 0.250. The lowest BCUT2D eigenvalue weighted by molar-refractivity contribution is -0.131. The van der Waals surface area contributed by atoms with E-state index in [0.717, 1.165) is 33.2 Å². The molecule has 0 aliphatic heterocycles. The van der Waals surface area contributed by atoms with Gasteiger partial charge in [0, 0.05) is 31.3 Å². The summed E-state index contributed by atoms with van der Waals surface area (Å²) < 4.78 is 0. The molecule has 0 unspecified atom stereocenters. The number of hydrogen-bond acceptors (Lipinski definition) is 3. The third kappa shape index (κ3) is 3.97. The van der Waals surface area contributed by atoms with E-state index in [4.69, 9.17) is 11.6 Å². The SMILES string of the molecule is O=C(Cc1cccs1)N(Cc1ccc(-c2ccccc2Cl)s1)C1CC1. The van der Waals surface area contributed by atoms with E-state index < -0.39 is 0 Å². The van der Waals surface area contributed by atoms with Gasteiger partial charge in [0.05, 0.1) is 13.0 Å². The second kappa shape index (κ2) is 7.32. The molecular weight excluding hydrogens is 370 g/mol. The number of rotatable bonds is 6. The molecule has 2 aromatic heterocycles. The predicted molar refractivity (Wildman–Crippen MR) is 106 cm³/mol. The molecule has 0 radical (unpaired) electrons. The lowest BCUT2D eigenvalue weighted by atomic mass is 10.2. The zero-order chi connectivity index (χ0) is 17.2. The summed E-state index contributed by atoms with van der Waals surface area (Å²) in [6.07, 6.45) is 2.76. The average Bonchev–Trinajstić information content (AvgIpc) is 3.12. The van der Waals surface area contributed by atoms with Gasteiger partial charge in [-0.05, 0) is 42.5 Å². The van der Waals surface area contributed by atoms with Gasteiger partial charge in [0.25, 0.3) is 0 Å². The van der Waals surface area contributed by atoms with Crippen LogP contribution in [0.15, 0.2) is 53.9 Å². The van der Waals surface area contributed by atoms with Crippen molar-refractivity contribution in [2.24, 2.45) is 0 Å². The Balaban J connectivity index is 1.50. The zero-order valence-corrected chi connectivity index (χ0v) is 16.0. The Morgan fingerprint density at radius 1 is 1.08 bits per heavy atom. The van der Waals surface area contributed by atoms with Gasteiger partial charge in [-0.3, -0.25) is 4.79 Å². The second-order valence-corrected chi connectivity index (χ2v) is 8.86. The minimum Gasteiger partial charge on any atom is -0.334 e. The lowest BCUT2D eigenvalue weighted by Crippen LogP contribution is -2.33. The van der Waals surface area contributed by atoms with E-state index in [1.165, 1.54) is 4.88 Å². The molecule has 0 spiro atoms. The van der Waals surface area contributed by atoms with Gasteiger partial charge in [-0.25, -0.2) is 0 Å². The zero-order valence-electron chi connectivity index (χ0n) is 13.7. The maximum absolute atomic E-state index is 12.7. The van der Waals surface area contributed by atoms with Crippen LogP contribution in [0.2, 0.25) is 5.02 Å². The van der Waals surface area contributed by atoms with Crippen LogP contribution in [-0.2, 0) is 17.8 Å². The third-order valence-electron chi connectivity index (χ3n) is 4.34. The van der Waals surface area contributed by atoms with E-state index in [2.05, 4.69) is 17.0 Å². The summed E-state index contributed by atoms with van der Waals surface area (Å²) in [6, 6.07) is 16.6. The summed E-state index contributed by atoms with van der Waals surface area (Å²) in [7, 11) is 0. The van der Waals surface area contributed by atoms with Crippen molar-refractivity contribution >= 4 is 40.2 Å². The molecule has 5 heteroatoms. The van der Waals surface area contributed by atoms with Crippen LogP contribution >= 0.6 is 34.3 Å². The van der Waals surface area contributed by atoms with Crippen molar-refractivity contribution < 1.29 is 4.79 Å². The first kappa shape index (κ1) is 16.8. The first-order chi connectivity index (χ1) is 12.2. The summed E-state index contributed by atoms with van der Waals surface area (Å²) in [5.41, 5.74) is 1.06. The monoisotopic (exact) mass is 387 g/mol. The van der Waals surface area contributed by atoms with Crippen molar-refractivity contribution in [3.63, 3.8) is 0 Å². The van der Waals surface area contributed by atoms with Gasteiger partial charge in [0.2, 0.25) is 5.91 Å². The van der Waals surface area contributed by atoms with Crippen LogP contribution in [0.25, 0.3) is 10.4 Å². The third-order valence-corrected chi connectivity index (χ3v) is 6.65. The molecule has 128 valence electrons. The van der Waals surface area contributed by atoms with Crippen molar-refractivity contribution in [1.29, 1.82) is 0 Å². The smallest absolute Gasteiger partial charge is 0.228 e. The summed E-state index contributed by atoms with van der Waals surface area (Å²) in [5.74, 6) is 0.234. The quantitative estimate of drug-likeness (QED) is 0.518. The minimum atomic E-state index is 0.234. The minimum absolute atomic E-state index is 0.234. The average molecular weight is 388 g/mol. The fourth-order valence-corrected chi connectivity index (χ4v) is 4.94. The normalized spacial score (nSPS) is 13.8. The standard InChI is InChI=1S/C20H18ClNOS2/c21-18-6-2-1-5-17(18)19-10-9-16(25-19)13-22(14-7-8-14)20(23)12-15-4-3-11-24-15/h1-6,9-11,14H,7-8,12-13H2. The molecule has 0 atom stereocenters. The second-order valence-electron chi connectivity index (χ2n) is 6.25. The Hall–Kier alpha value is -1.62. The van der Waals surface area contributed by atoms with E-state index in [0.29, 0.717) is 19.0 Å². The maximum atomic E-state index is 12.7. The lowest BCUT2D eigenvalue weighted by Gasteiger charge is -2.21. The number of carbonyl (C=O) groups excluding carboxylic acids is 1. The molecule has 2 heterocycles. The molecule has 1 amide bonds. The van der Waals surface area contributed by atoms with Gasteiger partial charge in [-0.2, -0.15) is 0 Å². The van der Waals surface area contributed by atoms with Crippen LogP contribution in [0, 0.1) is 0 Å². The summed E-state index contributed by atoms with van der Waals surface area (Å²) in [5, 5.41) is 2.79. The van der Waals surface area contributed by atoms with Crippen LogP contribution < -0.4 is 0 Å². The van der Waals surface area contributed by atoms with Gasteiger partial charge in [-0.1, -0.05) is 35.9 Å². The molecule has 1 aliphatic carbocycles. The first-order valence-electron chi connectivity index (χ1n) is 8.36. The number of nitrogens with zero attached hydrogens (tertiary/aromatic N) is 1. The van der Waals surface area contributed by atoms with Crippen LogP contribution in [0.3, 0.4) is 0 Å². The number of halogens is 1. The molecule has 1 saturated carbocycles. The molecule has 1 fully saturated rings. The number of thiophene rings is 2. The van der Waals surface area contributed by atoms with Gasteiger partial charge in [0.1, 0.15) is 0 Å². The van der Waals surface area contributed by atoms with Crippen LogP contribution in [0.1, 0.15) is 22.6 Å². The van der Waals surface area contributed by atoms with E-state index in [-0.39, 0.29) is 5.91 Å². The molecule has 1 aromatic carbocycles. The molecule has 3 aromatic rings. The van der Waals surface area contributed by atoms with Crippen molar-refractivity contribution in [3.8, 4) is 10.4 Å². The Kier molecular flexibility index (Phi) is 4.93. The molecule has 1 aliphatic rings. The van der Waals surface area contributed by atoms with Gasteiger partial charge in [0.15, 0.2) is 0 Å². The molecule has 0 N–H and O–H groups in total. The van der Waals surface area contributed by atoms with E-state index in [1.54, 1.807) is 22.7 Å². The Morgan fingerprint density at radius 3 is 2.64 bits per heavy atom. The molecular formula is C20H18ClNOS2. The Labute approximate surface area is 160 Å². The topological polar surface area (TPSA) is 20.3 Å². The van der Waals surface area contributed by atoms with Gasteiger partial charge < -0.3 is 4.90 Å². The van der Waals surface area contributed by atoms with Gasteiger partial charge in [-0.15, -0.1) is 22.7 Å². The highest BCUT2D eigenvalue weighted by atomic mass is 35.5. The van der Waals surface area contributed by atoms with E-state index in [1.807, 2.05) is 41.8 Å².